The fourth-order valence-electron chi connectivity index (χ4n) is 1.33. The summed E-state index contributed by atoms with van der Waals surface area (Å²) in [6, 6.07) is 3.28. The second-order valence-corrected chi connectivity index (χ2v) is 4.03. The summed E-state index contributed by atoms with van der Waals surface area (Å²) in [5.41, 5.74) is 0.409. The molecule has 1 aliphatic heterocycles. The van der Waals surface area contributed by atoms with Gasteiger partial charge in [-0.05, 0) is 12.1 Å². The first-order valence-electron chi connectivity index (χ1n) is 4.86. The lowest BCUT2D eigenvalue weighted by Crippen LogP contribution is -2.48. The Kier molecular flexibility index (Phi) is 3.18. The molecular weight excluding hydrogens is 214 g/mol. The van der Waals surface area contributed by atoms with Gasteiger partial charge in [0.2, 0.25) is 0 Å². The van der Waals surface area contributed by atoms with Crippen molar-refractivity contribution in [2.75, 3.05) is 19.6 Å². The molecule has 1 aliphatic rings. The molecule has 0 saturated carbocycles. The molecule has 1 amide bonds. The molecule has 0 radical (unpaired) electrons. The van der Waals surface area contributed by atoms with Gasteiger partial charge in [-0.3, -0.25) is 4.79 Å². The second-order valence-electron chi connectivity index (χ2n) is 3.60. The molecule has 1 aromatic heterocycles. The molecule has 0 atom stereocenters. The fourth-order valence-corrected chi connectivity index (χ4v) is 1.44. The lowest BCUT2D eigenvalue weighted by atomic mass is 10.0. The zero-order chi connectivity index (χ0) is 10.7. The maximum atomic E-state index is 11.6. The van der Waals surface area contributed by atoms with Crippen molar-refractivity contribution in [1.29, 1.82) is 0 Å². The number of hydrogen-bond acceptors (Lipinski definition) is 3. The molecule has 2 rings (SSSR count). The van der Waals surface area contributed by atoms with Gasteiger partial charge in [0.05, 0.1) is 5.02 Å². The van der Waals surface area contributed by atoms with Crippen LogP contribution in [0.1, 0.15) is 10.5 Å². The number of nitrogens with one attached hydrogen (secondary N) is 2. The molecule has 2 heterocycles. The number of rotatable bonds is 3. The average Bonchev–Trinajstić information content (AvgIpc) is 2.16. The van der Waals surface area contributed by atoms with Crippen molar-refractivity contribution in [2.45, 2.75) is 0 Å². The zero-order valence-corrected chi connectivity index (χ0v) is 8.92. The van der Waals surface area contributed by atoms with Gasteiger partial charge in [0, 0.05) is 31.7 Å². The van der Waals surface area contributed by atoms with E-state index in [1.165, 1.54) is 6.20 Å². The smallest absolute Gasteiger partial charge is 0.269 e. The van der Waals surface area contributed by atoms with Crippen LogP contribution in [0.4, 0.5) is 0 Å². The summed E-state index contributed by atoms with van der Waals surface area (Å²) in [5.74, 6) is 0.416. The molecule has 0 aliphatic carbocycles. The van der Waals surface area contributed by atoms with E-state index in [0.29, 0.717) is 23.2 Å². The highest BCUT2D eigenvalue weighted by Crippen LogP contribution is 2.06. The molecule has 4 nitrogen and oxygen atoms in total. The summed E-state index contributed by atoms with van der Waals surface area (Å²) in [7, 11) is 0. The van der Waals surface area contributed by atoms with Crippen molar-refractivity contribution in [3.63, 3.8) is 0 Å². The number of aromatic nitrogens is 1. The van der Waals surface area contributed by atoms with Crippen molar-refractivity contribution < 1.29 is 4.79 Å². The Morgan fingerprint density at radius 2 is 2.40 bits per heavy atom. The summed E-state index contributed by atoms with van der Waals surface area (Å²) < 4.78 is 0. The summed E-state index contributed by atoms with van der Waals surface area (Å²) in [6.45, 7) is 2.67. The van der Waals surface area contributed by atoms with Crippen LogP contribution in [0.3, 0.4) is 0 Å². The van der Waals surface area contributed by atoms with Crippen molar-refractivity contribution in [2.24, 2.45) is 5.92 Å². The minimum absolute atomic E-state index is 0.140. The Labute approximate surface area is 93.0 Å². The number of hydrogen-bond donors (Lipinski definition) is 2. The standard InChI is InChI=1S/C10H12ClN3O/c11-8-1-2-9(13-6-8)10(15)14-5-7-3-12-4-7/h1-2,6-7,12H,3-5H2,(H,14,15). The van der Waals surface area contributed by atoms with Crippen molar-refractivity contribution in [1.82, 2.24) is 15.6 Å². The molecule has 1 saturated heterocycles. The molecule has 0 spiro atoms. The predicted molar refractivity (Wildman–Crippen MR) is 57.9 cm³/mol. The normalized spacial score (nSPS) is 15.8. The van der Waals surface area contributed by atoms with Crippen LogP contribution >= 0.6 is 11.6 Å². The maximum absolute atomic E-state index is 11.6. The number of amides is 1. The summed E-state index contributed by atoms with van der Waals surface area (Å²) in [6.07, 6.45) is 1.47. The lowest BCUT2D eigenvalue weighted by Gasteiger charge is -2.26. The Morgan fingerprint density at radius 1 is 1.60 bits per heavy atom. The van der Waals surface area contributed by atoms with Crippen LogP contribution in [0.15, 0.2) is 18.3 Å². The first kappa shape index (κ1) is 10.4. The molecule has 1 aromatic rings. The third-order valence-electron chi connectivity index (χ3n) is 2.38. The van der Waals surface area contributed by atoms with Crippen LogP contribution in [0, 0.1) is 5.92 Å². The summed E-state index contributed by atoms with van der Waals surface area (Å²) >= 11 is 5.67. The number of carbonyl (C=O) groups excluding carboxylic acids is 1. The average molecular weight is 226 g/mol. The van der Waals surface area contributed by atoms with E-state index < -0.39 is 0 Å². The second kappa shape index (κ2) is 4.59. The predicted octanol–water partition coefficient (Wildman–Crippen LogP) is 0.684. The highest BCUT2D eigenvalue weighted by molar-refractivity contribution is 6.30. The summed E-state index contributed by atoms with van der Waals surface area (Å²) in [5, 5.41) is 6.52. The van der Waals surface area contributed by atoms with E-state index in [9.17, 15) is 4.79 Å². The van der Waals surface area contributed by atoms with E-state index >= 15 is 0 Å². The minimum atomic E-state index is -0.140. The van der Waals surface area contributed by atoms with Crippen LogP contribution < -0.4 is 10.6 Å². The molecule has 0 unspecified atom stereocenters. The van der Waals surface area contributed by atoms with Gasteiger partial charge in [0.15, 0.2) is 0 Å². The molecule has 2 N–H and O–H groups in total. The topological polar surface area (TPSA) is 54.0 Å². The number of pyridine rings is 1. The van der Waals surface area contributed by atoms with E-state index in [4.69, 9.17) is 11.6 Å². The van der Waals surface area contributed by atoms with Crippen molar-refractivity contribution in [3.8, 4) is 0 Å². The molecule has 5 heteroatoms. The van der Waals surface area contributed by atoms with Gasteiger partial charge >= 0.3 is 0 Å². The molecule has 15 heavy (non-hydrogen) atoms. The van der Waals surface area contributed by atoms with Crippen LogP contribution in [0.5, 0.6) is 0 Å². The minimum Gasteiger partial charge on any atom is -0.350 e. The highest BCUT2D eigenvalue weighted by atomic mass is 35.5. The summed E-state index contributed by atoms with van der Waals surface area (Å²) in [4.78, 5) is 15.5. The van der Waals surface area contributed by atoms with Gasteiger partial charge in [0.25, 0.3) is 5.91 Å². The number of halogens is 1. The first-order valence-corrected chi connectivity index (χ1v) is 5.24. The quantitative estimate of drug-likeness (QED) is 0.796. The van der Waals surface area contributed by atoms with Gasteiger partial charge in [-0.2, -0.15) is 0 Å². The fraction of sp³-hybridized carbons (Fsp3) is 0.400. The van der Waals surface area contributed by atoms with Crippen molar-refractivity contribution >= 4 is 17.5 Å². The monoisotopic (exact) mass is 225 g/mol. The van der Waals surface area contributed by atoms with Crippen LogP contribution in [0.25, 0.3) is 0 Å². The SMILES string of the molecule is O=C(NCC1CNC1)c1ccc(Cl)cn1. The third-order valence-corrected chi connectivity index (χ3v) is 2.60. The Morgan fingerprint density at radius 3 is 2.93 bits per heavy atom. The third kappa shape index (κ3) is 2.67. The highest BCUT2D eigenvalue weighted by Gasteiger charge is 2.17. The van der Waals surface area contributed by atoms with Crippen LogP contribution in [-0.4, -0.2) is 30.5 Å². The van der Waals surface area contributed by atoms with E-state index in [1.807, 2.05) is 0 Å². The van der Waals surface area contributed by atoms with Gasteiger partial charge in [-0.25, -0.2) is 4.98 Å². The Balaban J connectivity index is 1.86. The largest absolute Gasteiger partial charge is 0.350 e. The zero-order valence-electron chi connectivity index (χ0n) is 8.16. The van der Waals surface area contributed by atoms with Gasteiger partial charge in [-0.1, -0.05) is 11.6 Å². The van der Waals surface area contributed by atoms with Crippen molar-refractivity contribution in [3.05, 3.63) is 29.0 Å². The number of nitrogens with zero attached hydrogens (tertiary/aromatic N) is 1. The van der Waals surface area contributed by atoms with Gasteiger partial charge in [0.1, 0.15) is 5.69 Å². The van der Waals surface area contributed by atoms with Gasteiger partial charge < -0.3 is 10.6 Å². The molecular formula is C10H12ClN3O. The van der Waals surface area contributed by atoms with Crippen LogP contribution in [0.2, 0.25) is 5.02 Å². The lowest BCUT2D eigenvalue weighted by molar-refractivity contribution is 0.0937. The van der Waals surface area contributed by atoms with E-state index in [1.54, 1.807) is 12.1 Å². The van der Waals surface area contributed by atoms with E-state index in [2.05, 4.69) is 15.6 Å². The van der Waals surface area contributed by atoms with Crippen LogP contribution in [-0.2, 0) is 0 Å². The van der Waals surface area contributed by atoms with Gasteiger partial charge in [-0.15, -0.1) is 0 Å². The molecule has 0 aromatic carbocycles. The maximum Gasteiger partial charge on any atom is 0.269 e. The Bertz CT molecular complexity index is 348. The molecule has 80 valence electrons. The van der Waals surface area contributed by atoms with E-state index in [0.717, 1.165) is 13.1 Å². The molecule has 0 bridgehead atoms. The van der Waals surface area contributed by atoms with E-state index in [-0.39, 0.29) is 5.91 Å². The Hall–Kier alpha value is -1.13. The molecule has 1 fully saturated rings. The first-order chi connectivity index (χ1) is 7.25. The number of carbonyl (C=O) groups is 1.